The molecule has 0 fully saturated rings. The van der Waals surface area contributed by atoms with Gasteiger partial charge in [0, 0.05) is 17.5 Å². The van der Waals surface area contributed by atoms with Crippen LogP contribution in [0.15, 0.2) is 12.1 Å². The summed E-state index contributed by atoms with van der Waals surface area (Å²) < 4.78 is 27.0. The molecule has 0 aliphatic heterocycles. The van der Waals surface area contributed by atoms with E-state index in [0.29, 0.717) is 10.9 Å². The molecule has 0 saturated heterocycles. The fourth-order valence-electron chi connectivity index (χ4n) is 1.43. The van der Waals surface area contributed by atoms with Crippen LogP contribution in [0.3, 0.4) is 0 Å². The highest BCUT2D eigenvalue weighted by Gasteiger charge is 2.16. The van der Waals surface area contributed by atoms with Gasteiger partial charge in [0.25, 0.3) is 0 Å². The average Bonchev–Trinajstić information content (AvgIpc) is 2.63. The molecule has 1 unspecified atom stereocenters. The summed E-state index contributed by atoms with van der Waals surface area (Å²) in [6.45, 7) is 6.23. The molecular weight excluding hydrogens is 292 g/mol. The Morgan fingerprint density at radius 2 is 2.00 bits per heavy atom. The van der Waals surface area contributed by atoms with E-state index < -0.39 is 10.0 Å². The summed E-state index contributed by atoms with van der Waals surface area (Å²) in [6.07, 6.45) is 0. The zero-order valence-corrected chi connectivity index (χ0v) is 13.1. The maximum absolute atomic E-state index is 11.8. The van der Waals surface area contributed by atoms with Crippen LogP contribution >= 0.6 is 22.9 Å². The molecule has 1 atom stereocenters. The van der Waals surface area contributed by atoms with E-state index in [2.05, 4.69) is 10.0 Å². The van der Waals surface area contributed by atoms with Gasteiger partial charge in [-0.25, -0.2) is 13.1 Å². The van der Waals surface area contributed by atoms with Gasteiger partial charge in [-0.15, -0.1) is 11.3 Å². The highest BCUT2D eigenvalue weighted by Crippen LogP contribution is 2.26. The molecular formula is C11H19ClN2O2S2. The van der Waals surface area contributed by atoms with Crippen LogP contribution < -0.4 is 10.0 Å². The zero-order valence-electron chi connectivity index (χ0n) is 10.7. The van der Waals surface area contributed by atoms with E-state index in [1.807, 2.05) is 26.8 Å². The summed E-state index contributed by atoms with van der Waals surface area (Å²) in [6, 6.07) is 3.65. The van der Waals surface area contributed by atoms with Crippen LogP contribution in [-0.2, 0) is 10.0 Å². The first-order chi connectivity index (χ1) is 8.30. The third kappa shape index (κ3) is 5.67. The quantitative estimate of drug-likeness (QED) is 0.813. The Kier molecular flexibility index (Phi) is 6.07. The van der Waals surface area contributed by atoms with Gasteiger partial charge < -0.3 is 5.32 Å². The van der Waals surface area contributed by atoms with E-state index in [1.54, 1.807) is 6.07 Å². The van der Waals surface area contributed by atoms with Crippen LogP contribution in [-0.4, -0.2) is 26.8 Å². The largest absolute Gasteiger partial charge is 0.313 e. The molecule has 7 heteroatoms. The van der Waals surface area contributed by atoms with Crippen LogP contribution in [0.1, 0.15) is 31.7 Å². The number of sulfonamides is 1. The second-order valence-electron chi connectivity index (χ2n) is 4.41. The lowest BCUT2D eigenvalue weighted by Crippen LogP contribution is -2.35. The van der Waals surface area contributed by atoms with Crippen molar-refractivity contribution in [2.24, 2.45) is 0 Å². The van der Waals surface area contributed by atoms with Gasteiger partial charge in [-0.2, -0.15) is 0 Å². The second-order valence-corrected chi connectivity index (χ2v) is 8.03. The summed E-state index contributed by atoms with van der Waals surface area (Å²) in [5, 5.41) is 3.08. The van der Waals surface area contributed by atoms with Gasteiger partial charge in [-0.1, -0.05) is 25.4 Å². The third-order valence-corrected chi connectivity index (χ3v) is 5.17. The minimum atomic E-state index is -3.26. The molecule has 0 bridgehead atoms. The lowest BCUT2D eigenvalue weighted by Gasteiger charge is -2.13. The van der Waals surface area contributed by atoms with Crippen LogP contribution in [0.4, 0.5) is 0 Å². The normalized spacial score (nSPS) is 14.1. The second kappa shape index (κ2) is 6.86. The van der Waals surface area contributed by atoms with Gasteiger partial charge in [0.05, 0.1) is 16.1 Å². The summed E-state index contributed by atoms with van der Waals surface area (Å²) >= 11 is 7.21. The van der Waals surface area contributed by atoms with Gasteiger partial charge in [0.15, 0.2) is 0 Å². The van der Waals surface area contributed by atoms with E-state index in [0.717, 1.165) is 4.88 Å². The Hall–Kier alpha value is -0.140. The Bertz CT molecular complexity index is 471. The predicted molar refractivity (Wildman–Crippen MR) is 77.8 cm³/mol. The molecule has 1 aromatic heterocycles. The van der Waals surface area contributed by atoms with Crippen molar-refractivity contribution in [1.82, 2.24) is 10.0 Å². The predicted octanol–water partition coefficient (Wildman–Crippen LogP) is 2.38. The lowest BCUT2D eigenvalue weighted by atomic mass is 10.3. The summed E-state index contributed by atoms with van der Waals surface area (Å²) in [4.78, 5) is 0.917. The molecule has 104 valence electrons. The van der Waals surface area contributed by atoms with Crippen LogP contribution in [0.5, 0.6) is 0 Å². The van der Waals surface area contributed by atoms with E-state index in [4.69, 9.17) is 11.6 Å². The smallest absolute Gasteiger partial charge is 0.213 e. The first-order valence-electron chi connectivity index (χ1n) is 5.79. The molecule has 0 radical (unpaired) electrons. The maximum Gasteiger partial charge on any atom is 0.213 e. The maximum atomic E-state index is 11.8. The van der Waals surface area contributed by atoms with Crippen molar-refractivity contribution in [3.63, 3.8) is 0 Å². The summed E-state index contributed by atoms with van der Waals surface area (Å²) in [7, 11) is -3.26. The van der Waals surface area contributed by atoms with Crippen molar-refractivity contribution in [1.29, 1.82) is 0 Å². The van der Waals surface area contributed by atoms with Gasteiger partial charge in [0.1, 0.15) is 0 Å². The standard InChI is InChI=1S/C11H19ClN2O2S2/c1-8(2)13-6-7-18(15,16)14-9(3)10-4-5-11(12)17-10/h4-5,8-9,13-14H,6-7H2,1-3H3. The molecule has 0 aliphatic carbocycles. The van der Waals surface area contributed by atoms with Crippen LogP contribution in [0, 0.1) is 0 Å². The fraction of sp³-hybridized carbons (Fsp3) is 0.636. The molecule has 1 rings (SSSR count). The minimum absolute atomic E-state index is 0.0780. The van der Waals surface area contributed by atoms with Crippen molar-refractivity contribution >= 4 is 33.0 Å². The average molecular weight is 311 g/mol. The number of hydrogen-bond donors (Lipinski definition) is 2. The number of thiophene rings is 1. The molecule has 1 heterocycles. The molecule has 0 aliphatic rings. The number of hydrogen-bond acceptors (Lipinski definition) is 4. The van der Waals surface area contributed by atoms with Crippen LogP contribution in [0.25, 0.3) is 0 Å². The minimum Gasteiger partial charge on any atom is -0.313 e. The molecule has 0 spiro atoms. The molecule has 0 aromatic carbocycles. The third-order valence-electron chi connectivity index (χ3n) is 2.30. The lowest BCUT2D eigenvalue weighted by molar-refractivity contribution is 0.556. The zero-order chi connectivity index (χ0) is 13.8. The van der Waals surface area contributed by atoms with Crippen molar-refractivity contribution < 1.29 is 8.42 Å². The molecule has 4 nitrogen and oxygen atoms in total. The van der Waals surface area contributed by atoms with Crippen molar-refractivity contribution in [2.45, 2.75) is 32.9 Å². The Labute approximate surface area is 118 Å². The number of rotatable bonds is 7. The highest BCUT2D eigenvalue weighted by molar-refractivity contribution is 7.89. The SMILES string of the molecule is CC(C)NCCS(=O)(=O)NC(C)c1ccc(Cl)s1. The molecule has 18 heavy (non-hydrogen) atoms. The Morgan fingerprint density at radius 1 is 1.33 bits per heavy atom. The number of nitrogens with one attached hydrogen (secondary N) is 2. The highest BCUT2D eigenvalue weighted by atomic mass is 35.5. The fourth-order valence-corrected chi connectivity index (χ4v) is 3.74. The molecule has 2 N–H and O–H groups in total. The summed E-state index contributed by atoms with van der Waals surface area (Å²) in [5.74, 6) is 0.0780. The Morgan fingerprint density at radius 3 is 2.50 bits per heavy atom. The summed E-state index contributed by atoms with van der Waals surface area (Å²) in [5.41, 5.74) is 0. The first kappa shape index (κ1) is 15.9. The Balaban J connectivity index is 2.50. The van der Waals surface area contributed by atoms with Crippen LogP contribution in [0.2, 0.25) is 4.34 Å². The van der Waals surface area contributed by atoms with E-state index >= 15 is 0 Å². The molecule has 0 saturated carbocycles. The number of halogens is 1. The van der Waals surface area contributed by atoms with E-state index in [-0.39, 0.29) is 17.8 Å². The van der Waals surface area contributed by atoms with E-state index in [9.17, 15) is 8.42 Å². The van der Waals surface area contributed by atoms with Gasteiger partial charge >= 0.3 is 0 Å². The van der Waals surface area contributed by atoms with Gasteiger partial charge in [-0.3, -0.25) is 0 Å². The van der Waals surface area contributed by atoms with Crippen molar-refractivity contribution in [2.75, 3.05) is 12.3 Å². The van der Waals surface area contributed by atoms with Gasteiger partial charge in [0.2, 0.25) is 10.0 Å². The first-order valence-corrected chi connectivity index (χ1v) is 8.63. The molecule has 0 amide bonds. The molecule has 1 aromatic rings. The van der Waals surface area contributed by atoms with E-state index in [1.165, 1.54) is 11.3 Å². The van der Waals surface area contributed by atoms with Crippen molar-refractivity contribution in [3.8, 4) is 0 Å². The van der Waals surface area contributed by atoms with Crippen molar-refractivity contribution in [3.05, 3.63) is 21.3 Å². The topological polar surface area (TPSA) is 58.2 Å². The monoisotopic (exact) mass is 310 g/mol. The van der Waals surface area contributed by atoms with Gasteiger partial charge in [-0.05, 0) is 19.1 Å².